The van der Waals surface area contributed by atoms with Crippen LogP contribution in [0.2, 0.25) is 0 Å². The fourth-order valence-electron chi connectivity index (χ4n) is 8.72. The Kier molecular flexibility index (Phi) is 14.6. The van der Waals surface area contributed by atoms with E-state index in [-0.39, 0.29) is 49.6 Å². The lowest BCUT2D eigenvalue weighted by Crippen LogP contribution is -2.60. The number of cyclic esters (lactones) is 1. The van der Waals surface area contributed by atoms with E-state index in [0.29, 0.717) is 6.42 Å². The minimum atomic E-state index is -1.56. The summed E-state index contributed by atoms with van der Waals surface area (Å²) in [5.41, 5.74) is -2.04. The molecule has 3 aliphatic heterocycles. The van der Waals surface area contributed by atoms with Gasteiger partial charge in [-0.3, -0.25) is 24.2 Å². The number of Topliss-reactive ketones (excluding diaryl/α,β-unsaturated/α-hetero) is 2. The zero-order valence-corrected chi connectivity index (χ0v) is 36.0. The summed E-state index contributed by atoms with van der Waals surface area (Å²) in [7, 11) is 5.17. The second kappa shape index (κ2) is 18.6. The standard InChI is InChI=1S/C42H60N4O11S/c1-22-21-41(6,53-10)37(56-39-35(50)29(46(8)9)19-23(2)54-39)25(4)34(49)26(5)38(51)55-31(42(7)36(24(3)33(22)48)45-40(52)57-42)16-18-44-32(47)20-27-14-15-30(58-27)28-13-11-12-17-43-28/h11-15,17,22-26,29,31,35-37,39,50H,16,18-21H2,1-10H3,(H,44,47)(H,45,52)/t22-,23?,24+,25+,26-,29?,31-,35?,36-,37-,39?,41-,42-/m1/s1. The number of hydrogen-bond acceptors (Lipinski definition) is 14. The van der Waals surface area contributed by atoms with Crippen molar-refractivity contribution in [3.8, 4) is 10.6 Å². The molecule has 4 unspecified atom stereocenters. The lowest BCUT2D eigenvalue weighted by Gasteiger charge is -2.47. The van der Waals surface area contributed by atoms with Crippen molar-refractivity contribution in [3.05, 3.63) is 41.4 Å². The molecular weight excluding hydrogens is 769 g/mol. The molecule has 0 aromatic carbocycles. The Morgan fingerprint density at radius 2 is 1.78 bits per heavy atom. The highest BCUT2D eigenvalue weighted by Crippen LogP contribution is 2.40. The number of nitrogens with one attached hydrogen (secondary N) is 2. The number of alkyl carbamates (subject to hydrolysis) is 1. The molecule has 3 fully saturated rings. The summed E-state index contributed by atoms with van der Waals surface area (Å²) in [5.74, 6) is -5.76. The highest BCUT2D eigenvalue weighted by Gasteiger charge is 2.57. The minimum Gasteiger partial charge on any atom is -0.457 e. The van der Waals surface area contributed by atoms with Crippen LogP contribution in [0.3, 0.4) is 0 Å². The van der Waals surface area contributed by atoms with Crippen molar-refractivity contribution in [2.24, 2.45) is 23.7 Å². The van der Waals surface area contributed by atoms with Crippen molar-refractivity contribution in [1.29, 1.82) is 0 Å². The molecule has 58 heavy (non-hydrogen) atoms. The molecule has 15 nitrogen and oxygen atoms in total. The number of likely N-dealkylation sites (N-methyl/N-ethyl adjacent to an activating group) is 1. The van der Waals surface area contributed by atoms with E-state index in [2.05, 4.69) is 15.6 Å². The third-order valence-electron chi connectivity index (χ3n) is 12.2. The second-order valence-corrected chi connectivity index (χ2v) is 17.9. The van der Waals surface area contributed by atoms with Gasteiger partial charge in [-0.15, -0.1) is 11.3 Å². The highest BCUT2D eigenvalue weighted by molar-refractivity contribution is 7.15. The number of aliphatic hydroxyl groups is 1. The molecule has 0 spiro atoms. The van der Waals surface area contributed by atoms with Gasteiger partial charge in [0.15, 0.2) is 17.7 Å². The lowest BCUT2D eigenvalue weighted by atomic mass is 9.73. The van der Waals surface area contributed by atoms with Gasteiger partial charge in [0.2, 0.25) is 5.91 Å². The van der Waals surface area contributed by atoms with Crippen molar-refractivity contribution in [1.82, 2.24) is 20.5 Å². The van der Waals surface area contributed by atoms with Crippen molar-refractivity contribution >= 4 is 40.9 Å². The summed E-state index contributed by atoms with van der Waals surface area (Å²) in [6, 6.07) is 8.17. The molecule has 0 saturated carbocycles. The van der Waals surface area contributed by atoms with Gasteiger partial charge in [0.25, 0.3) is 0 Å². The van der Waals surface area contributed by atoms with Crippen LogP contribution >= 0.6 is 11.3 Å². The van der Waals surface area contributed by atoms with E-state index in [0.717, 1.165) is 15.4 Å². The lowest BCUT2D eigenvalue weighted by molar-refractivity contribution is -0.295. The fraction of sp³-hybridized carbons (Fsp3) is 0.667. The molecule has 2 aromatic heterocycles. The Morgan fingerprint density at radius 1 is 1.05 bits per heavy atom. The normalized spacial score (nSPS) is 36.4. The Labute approximate surface area is 344 Å². The van der Waals surface area contributed by atoms with Crippen LogP contribution in [0.15, 0.2) is 36.5 Å². The first-order valence-electron chi connectivity index (χ1n) is 20.0. The van der Waals surface area contributed by atoms with Crippen LogP contribution in [-0.2, 0) is 49.3 Å². The van der Waals surface area contributed by atoms with Gasteiger partial charge in [0.05, 0.1) is 40.8 Å². The quantitative estimate of drug-likeness (QED) is 0.231. The third kappa shape index (κ3) is 9.79. The summed E-state index contributed by atoms with van der Waals surface area (Å²) >= 11 is 1.46. The van der Waals surface area contributed by atoms with E-state index < -0.39 is 83.4 Å². The average Bonchev–Trinajstić information content (AvgIpc) is 3.78. The van der Waals surface area contributed by atoms with Gasteiger partial charge < -0.3 is 44.3 Å². The monoisotopic (exact) mass is 828 g/mol. The van der Waals surface area contributed by atoms with E-state index >= 15 is 0 Å². The molecule has 0 aliphatic carbocycles. The zero-order valence-electron chi connectivity index (χ0n) is 35.2. The number of esters is 1. The summed E-state index contributed by atoms with van der Waals surface area (Å²) < 4.78 is 30.7. The van der Waals surface area contributed by atoms with Crippen LogP contribution in [0.5, 0.6) is 0 Å². The van der Waals surface area contributed by atoms with Crippen LogP contribution in [0.1, 0.15) is 72.6 Å². The molecule has 5 rings (SSSR count). The number of nitrogens with zero attached hydrogens (tertiary/aromatic N) is 2. The Hall–Kier alpha value is -3.80. The molecule has 320 valence electrons. The molecule has 0 bridgehead atoms. The highest BCUT2D eigenvalue weighted by atomic mass is 32.1. The number of pyridine rings is 1. The minimum absolute atomic E-state index is 0.00556. The number of amides is 2. The van der Waals surface area contributed by atoms with Gasteiger partial charge in [-0.25, -0.2) is 4.79 Å². The Morgan fingerprint density at radius 3 is 2.43 bits per heavy atom. The first kappa shape index (κ1) is 45.3. The Bertz CT molecular complexity index is 1790. The number of fused-ring (bicyclic) bond motifs is 1. The molecule has 2 aromatic rings. The van der Waals surface area contributed by atoms with Gasteiger partial charge >= 0.3 is 12.1 Å². The molecule has 13 atom stereocenters. The van der Waals surface area contributed by atoms with Gasteiger partial charge in [-0.1, -0.05) is 26.8 Å². The summed E-state index contributed by atoms with van der Waals surface area (Å²) in [4.78, 5) is 76.9. The van der Waals surface area contributed by atoms with Crippen LogP contribution in [0.25, 0.3) is 10.6 Å². The van der Waals surface area contributed by atoms with E-state index in [1.54, 1.807) is 40.8 Å². The largest absolute Gasteiger partial charge is 0.457 e. The van der Waals surface area contributed by atoms with Gasteiger partial charge in [0.1, 0.15) is 23.9 Å². The average molecular weight is 829 g/mol. The molecular formula is C42H60N4O11S. The maximum absolute atomic E-state index is 14.4. The maximum Gasteiger partial charge on any atom is 0.408 e. The zero-order chi connectivity index (χ0) is 42.7. The fourth-order valence-corrected chi connectivity index (χ4v) is 9.71. The second-order valence-electron chi connectivity index (χ2n) is 16.8. The first-order chi connectivity index (χ1) is 27.3. The van der Waals surface area contributed by atoms with E-state index in [1.807, 2.05) is 56.3 Å². The van der Waals surface area contributed by atoms with E-state index in [1.165, 1.54) is 25.4 Å². The number of aliphatic hydroxyl groups excluding tert-OH is 1. The van der Waals surface area contributed by atoms with Crippen molar-refractivity contribution in [3.63, 3.8) is 0 Å². The SMILES string of the molecule is CO[C@]1(C)C[C@@H](C)C(=O)[C@H](C)[C@H]2NC(=O)O[C@]2(C)[C@@H](CCNC(=O)Cc2ccc(-c3ccccn3)s2)OC(=O)[C@H](C)C(=O)[C@H](C)[C@H]1OC1OC(C)CC(N(C)C)C1O. The molecule has 3 saturated heterocycles. The van der Waals surface area contributed by atoms with Gasteiger partial charge in [-0.2, -0.15) is 0 Å². The van der Waals surface area contributed by atoms with Crippen LogP contribution < -0.4 is 10.6 Å². The Balaban J connectivity index is 1.41. The third-order valence-corrected chi connectivity index (χ3v) is 13.3. The van der Waals surface area contributed by atoms with Crippen LogP contribution in [0, 0.1) is 23.7 Å². The summed E-state index contributed by atoms with van der Waals surface area (Å²) in [6.07, 6.45) is -3.11. The molecule has 3 N–H and O–H groups in total. The van der Waals surface area contributed by atoms with Crippen molar-refractivity contribution in [2.45, 2.75) is 128 Å². The smallest absolute Gasteiger partial charge is 0.408 e. The summed E-state index contributed by atoms with van der Waals surface area (Å²) in [6.45, 7) is 11.7. The topological polar surface area (TPSA) is 192 Å². The van der Waals surface area contributed by atoms with Crippen molar-refractivity contribution in [2.75, 3.05) is 27.7 Å². The number of ketones is 2. The van der Waals surface area contributed by atoms with Gasteiger partial charge in [0, 0.05) is 54.9 Å². The molecule has 0 radical (unpaired) electrons. The first-order valence-corrected chi connectivity index (χ1v) is 20.9. The maximum atomic E-state index is 14.4. The predicted molar refractivity (Wildman–Crippen MR) is 215 cm³/mol. The molecule has 5 heterocycles. The van der Waals surface area contributed by atoms with Crippen molar-refractivity contribution < 1.29 is 52.8 Å². The van der Waals surface area contributed by atoms with Gasteiger partial charge in [-0.05, 0) is 78.9 Å². The van der Waals surface area contributed by atoms with Crippen LogP contribution in [0.4, 0.5) is 4.79 Å². The number of carbonyl (C=O) groups excluding carboxylic acids is 5. The van der Waals surface area contributed by atoms with E-state index in [9.17, 15) is 29.1 Å². The van der Waals surface area contributed by atoms with E-state index in [4.69, 9.17) is 23.7 Å². The number of thiophene rings is 1. The number of rotatable bonds is 10. The predicted octanol–water partition coefficient (Wildman–Crippen LogP) is 3.94. The number of carbonyl (C=O) groups is 5. The molecule has 16 heteroatoms. The number of ether oxygens (including phenoxy) is 5. The summed E-state index contributed by atoms with van der Waals surface area (Å²) in [5, 5.41) is 17.1. The van der Waals surface area contributed by atoms with Crippen LogP contribution in [-0.4, -0.2) is 126 Å². The molecule has 2 amide bonds. The number of hydrogen-bond donors (Lipinski definition) is 3. The number of methoxy groups -OCH3 is 1. The number of aromatic nitrogens is 1. The molecule has 3 aliphatic rings.